The standard InChI is InChI=1S/C16H16N4O2/c1-16(2,9-20-15-12(8-17)18-5-6-19-15)11-3-4-13-14(7-11)22-10-21-13/h3-7H,9-10H2,1-2H3,(H,19,20). The van der Waals surface area contributed by atoms with Crippen molar-refractivity contribution in [2.75, 3.05) is 18.7 Å². The predicted octanol–water partition coefficient (Wildman–Crippen LogP) is 2.47. The minimum atomic E-state index is -0.175. The topological polar surface area (TPSA) is 80.1 Å². The third-order valence-electron chi connectivity index (χ3n) is 3.66. The molecular weight excluding hydrogens is 280 g/mol. The van der Waals surface area contributed by atoms with Gasteiger partial charge in [0, 0.05) is 24.4 Å². The Bertz CT molecular complexity index is 737. The van der Waals surface area contributed by atoms with Gasteiger partial charge < -0.3 is 14.8 Å². The average molecular weight is 296 g/mol. The van der Waals surface area contributed by atoms with Gasteiger partial charge in [-0.25, -0.2) is 9.97 Å². The molecule has 0 fully saturated rings. The highest BCUT2D eigenvalue weighted by Crippen LogP contribution is 2.36. The maximum Gasteiger partial charge on any atom is 0.231 e. The number of hydrogen-bond acceptors (Lipinski definition) is 6. The van der Waals surface area contributed by atoms with Gasteiger partial charge in [-0.2, -0.15) is 5.26 Å². The van der Waals surface area contributed by atoms with Crippen LogP contribution in [0.1, 0.15) is 25.1 Å². The quantitative estimate of drug-likeness (QED) is 0.933. The summed E-state index contributed by atoms with van der Waals surface area (Å²) >= 11 is 0. The molecule has 6 nitrogen and oxygen atoms in total. The van der Waals surface area contributed by atoms with E-state index < -0.39 is 0 Å². The number of nitrogens with one attached hydrogen (secondary N) is 1. The van der Waals surface area contributed by atoms with Crippen molar-refractivity contribution >= 4 is 5.82 Å². The van der Waals surface area contributed by atoms with Gasteiger partial charge in [0.25, 0.3) is 0 Å². The Kier molecular flexibility index (Phi) is 3.55. The van der Waals surface area contributed by atoms with Crippen LogP contribution in [0.4, 0.5) is 5.82 Å². The first kappa shape index (κ1) is 14.1. The molecule has 0 saturated carbocycles. The maximum atomic E-state index is 9.05. The van der Waals surface area contributed by atoms with E-state index in [4.69, 9.17) is 14.7 Å². The van der Waals surface area contributed by atoms with Crippen molar-refractivity contribution in [2.24, 2.45) is 0 Å². The Morgan fingerprint density at radius 3 is 2.82 bits per heavy atom. The summed E-state index contributed by atoms with van der Waals surface area (Å²) in [6.07, 6.45) is 3.07. The van der Waals surface area contributed by atoms with Crippen molar-refractivity contribution in [3.05, 3.63) is 41.9 Å². The Labute approximate surface area is 128 Å². The van der Waals surface area contributed by atoms with Crippen LogP contribution >= 0.6 is 0 Å². The van der Waals surface area contributed by atoms with Gasteiger partial charge in [-0.15, -0.1) is 0 Å². The van der Waals surface area contributed by atoms with E-state index >= 15 is 0 Å². The molecule has 0 bridgehead atoms. The van der Waals surface area contributed by atoms with Crippen molar-refractivity contribution in [1.29, 1.82) is 5.26 Å². The smallest absolute Gasteiger partial charge is 0.231 e. The highest BCUT2D eigenvalue weighted by molar-refractivity contribution is 5.49. The summed E-state index contributed by atoms with van der Waals surface area (Å²) in [6.45, 7) is 5.10. The fourth-order valence-electron chi connectivity index (χ4n) is 2.27. The van der Waals surface area contributed by atoms with Gasteiger partial charge >= 0.3 is 0 Å². The van der Waals surface area contributed by atoms with Gasteiger partial charge in [-0.1, -0.05) is 19.9 Å². The fraction of sp³-hybridized carbons (Fsp3) is 0.312. The molecule has 22 heavy (non-hydrogen) atoms. The van der Waals surface area contributed by atoms with Crippen LogP contribution in [0.25, 0.3) is 0 Å². The number of nitriles is 1. The van der Waals surface area contributed by atoms with Gasteiger partial charge in [0.2, 0.25) is 6.79 Å². The van der Waals surface area contributed by atoms with Crippen LogP contribution in [0, 0.1) is 11.3 Å². The number of hydrogen-bond donors (Lipinski definition) is 1. The van der Waals surface area contributed by atoms with Crippen molar-refractivity contribution in [1.82, 2.24) is 9.97 Å². The van der Waals surface area contributed by atoms with E-state index in [1.807, 2.05) is 24.3 Å². The number of nitrogens with zero attached hydrogens (tertiary/aromatic N) is 3. The molecule has 1 aliphatic heterocycles. The molecule has 0 spiro atoms. The molecule has 3 rings (SSSR count). The van der Waals surface area contributed by atoms with E-state index in [9.17, 15) is 0 Å². The number of fused-ring (bicyclic) bond motifs is 1. The molecule has 2 heterocycles. The lowest BCUT2D eigenvalue weighted by Crippen LogP contribution is -2.28. The third kappa shape index (κ3) is 2.66. The monoisotopic (exact) mass is 296 g/mol. The molecule has 1 N–H and O–H groups in total. The highest BCUT2D eigenvalue weighted by Gasteiger charge is 2.24. The summed E-state index contributed by atoms with van der Waals surface area (Å²) in [7, 11) is 0. The van der Waals surface area contributed by atoms with E-state index in [2.05, 4.69) is 29.1 Å². The Morgan fingerprint density at radius 2 is 2.00 bits per heavy atom. The first-order chi connectivity index (χ1) is 10.6. The Morgan fingerprint density at radius 1 is 1.23 bits per heavy atom. The van der Waals surface area contributed by atoms with Gasteiger partial charge in [0.05, 0.1) is 0 Å². The van der Waals surface area contributed by atoms with Crippen LogP contribution in [0.15, 0.2) is 30.6 Å². The summed E-state index contributed by atoms with van der Waals surface area (Å²) in [5.41, 5.74) is 1.24. The van der Waals surface area contributed by atoms with Crippen LogP contribution in [0.2, 0.25) is 0 Å². The lowest BCUT2D eigenvalue weighted by Gasteiger charge is -2.26. The predicted molar refractivity (Wildman–Crippen MR) is 80.8 cm³/mol. The van der Waals surface area contributed by atoms with Crippen LogP contribution < -0.4 is 14.8 Å². The third-order valence-corrected chi connectivity index (χ3v) is 3.66. The van der Waals surface area contributed by atoms with Gasteiger partial charge in [-0.3, -0.25) is 0 Å². The average Bonchev–Trinajstić information content (AvgIpc) is 3.01. The van der Waals surface area contributed by atoms with Crippen molar-refractivity contribution in [3.63, 3.8) is 0 Å². The van der Waals surface area contributed by atoms with Crippen LogP contribution in [-0.2, 0) is 5.41 Å². The molecule has 112 valence electrons. The fourth-order valence-corrected chi connectivity index (χ4v) is 2.27. The zero-order chi connectivity index (χ0) is 15.6. The first-order valence-electron chi connectivity index (χ1n) is 6.95. The summed E-state index contributed by atoms with van der Waals surface area (Å²) in [5.74, 6) is 2.04. The second-order valence-electron chi connectivity index (χ2n) is 5.67. The van der Waals surface area contributed by atoms with Crippen LogP contribution in [0.5, 0.6) is 11.5 Å². The largest absolute Gasteiger partial charge is 0.454 e. The minimum Gasteiger partial charge on any atom is -0.454 e. The van der Waals surface area contributed by atoms with Crippen LogP contribution in [0.3, 0.4) is 0 Å². The Hall–Kier alpha value is -2.81. The molecule has 0 saturated heterocycles. The molecule has 1 aromatic carbocycles. The molecule has 0 aliphatic carbocycles. The normalized spacial score (nSPS) is 12.8. The number of rotatable bonds is 4. The first-order valence-corrected chi connectivity index (χ1v) is 6.95. The molecule has 6 heteroatoms. The molecule has 1 aliphatic rings. The lowest BCUT2D eigenvalue weighted by molar-refractivity contribution is 0.174. The maximum absolute atomic E-state index is 9.05. The van der Waals surface area contributed by atoms with Gasteiger partial charge in [0.1, 0.15) is 6.07 Å². The van der Waals surface area contributed by atoms with Crippen molar-refractivity contribution in [3.8, 4) is 17.6 Å². The van der Waals surface area contributed by atoms with Gasteiger partial charge in [-0.05, 0) is 17.7 Å². The van der Waals surface area contributed by atoms with E-state index in [0.717, 1.165) is 17.1 Å². The molecule has 0 radical (unpaired) electrons. The number of ether oxygens (including phenoxy) is 2. The van der Waals surface area contributed by atoms with E-state index in [1.54, 1.807) is 6.20 Å². The number of anilines is 1. The van der Waals surface area contributed by atoms with Crippen molar-refractivity contribution in [2.45, 2.75) is 19.3 Å². The van der Waals surface area contributed by atoms with E-state index in [-0.39, 0.29) is 12.2 Å². The second kappa shape index (κ2) is 5.53. The molecule has 0 unspecified atom stereocenters. The Balaban J connectivity index is 1.77. The summed E-state index contributed by atoms with van der Waals surface area (Å²) in [4.78, 5) is 8.16. The molecule has 0 amide bonds. The van der Waals surface area contributed by atoms with E-state index in [0.29, 0.717) is 18.1 Å². The lowest BCUT2D eigenvalue weighted by atomic mass is 9.84. The summed E-state index contributed by atoms with van der Waals surface area (Å²) in [6, 6.07) is 7.97. The zero-order valence-electron chi connectivity index (χ0n) is 12.5. The van der Waals surface area contributed by atoms with Gasteiger partial charge in [0.15, 0.2) is 23.0 Å². The highest BCUT2D eigenvalue weighted by atomic mass is 16.7. The van der Waals surface area contributed by atoms with Crippen molar-refractivity contribution < 1.29 is 9.47 Å². The summed E-state index contributed by atoms with van der Waals surface area (Å²) < 4.78 is 10.8. The molecular formula is C16H16N4O2. The molecule has 0 atom stereocenters. The van der Waals surface area contributed by atoms with E-state index in [1.165, 1.54) is 6.20 Å². The summed E-state index contributed by atoms with van der Waals surface area (Å²) in [5, 5.41) is 12.3. The minimum absolute atomic E-state index is 0.175. The second-order valence-corrected chi connectivity index (χ2v) is 5.67. The number of benzene rings is 1. The van der Waals surface area contributed by atoms with Crippen LogP contribution in [-0.4, -0.2) is 23.3 Å². The molecule has 1 aromatic heterocycles. The number of aromatic nitrogens is 2. The molecule has 2 aromatic rings. The SMILES string of the molecule is CC(C)(CNc1nccnc1C#N)c1ccc2c(c1)OCO2. The zero-order valence-corrected chi connectivity index (χ0v) is 12.5.